The third kappa shape index (κ3) is 20.3. The number of aliphatic carboxylic acids is 6. The van der Waals surface area contributed by atoms with Crippen LogP contribution >= 0.6 is 0 Å². The number of carbonyl (C=O) groups excluding carboxylic acids is 3. The van der Waals surface area contributed by atoms with E-state index >= 15 is 0 Å². The van der Waals surface area contributed by atoms with E-state index in [-0.39, 0.29) is 108 Å². The van der Waals surface area contributed by atoms with Crippen molar-refractivity contribution in [3.05, 3.63) is 121 Å². The molecule has 9 rings (SSSR count). The lowest BCUT2D eigenvalue weighted by molar-refractivity contribution is -0.142. The molecule has 0 saturated heterocycles. The Hall–Kier alpha value is -12.9. The molecule has 3 aliphatic heterocycles. The number of hydrogen-bond acceptors (Lipinski definition) is 27. The van der Waals surface area contributed by atoms with Gasteiger partial charge in [-0.05, 0) is 92.1 Å². The molecular formula is C60H75N21O18. The molecule has 39 heteroatoms. The molecule has 3 amide bonds. The van der Waals surface area contributed by atoms with Crippen LogP contribution in [0.15, 0.2) is 87.2 Å². The second kappa shape index (κ2) is 33.5. The number of hydrogen-bond donors (Lipinski definition) is 21. The number of amides is 3. The van der Waals surface area contributed by atoms with Crippen LogP contribution in [0.25, 0.3) is 0 Å². The number of carbonyl (C=O) groups is 9. The van der Waals surface area contributed by atoms with Gasteiger partial charge in [0.05, 0.1) is 18.1 Å². The van der Waals surface area contributed by atoms with Gasteiger partial charge in [-0.2, -0.15) is 15.0 Å². The number of anilines is 12. The minimum absolute atomic E-state index is 0.0388. The van der Waals surface area contributed by atoms with Crippen molar-refractivity contribution < 1.29 is 73.8 Å². The van der Waals surface area contributed by atoms with Gasteiger partial charge < -0.3 is 110 Å². The van der Waals surface area contributed by atoms with Crippen molar-refractivity contribution in [2.45, 2.75) is 74.8 Å². The van der Waals surface area contributed by atoms with Crippen molar-refractivity contribution in [2.24, 2.45) is 0 Å². The molecule has 528 valence electrons. The first kappa shape index (κ1) is 73.5. The number of nitrogen functional groups attached to an aromatic ring is 3. The summed E-state index contributed by atoms with van der Waals surface area (Å²) < 4.78 is 0. The van der Waals surface area contributed by atoms with Crippen LogP contribution < -0.4 is 96.4 Å². The maximum Gasteiger partial charge on any atom is 0.326 e. The maximum atomic E-state index is 12.3. The van der Waals surface area contributed by atoms with Crippen molar-refractivity contribution in [1.29, 1.82) is 0 Å². The number of nitrogens with one attached hydrogen (secondary N) is 12. The van der Waals surface area contributed by atoms with E-state index in [1.54, 1.807) is 57.5 Å². The molecule has 99 heavy (non-hydrogen) atoms. The Balaban J connectivity index is 0.000000209. The molecule has 6 heterocycles. The third-order valence-electron chi connectivity index (χ3n) is 15.8. The van der Waals surface area contributed by atoms with Gasteiger partial charge in [0.2, 0.25) is 17.8 Å². The summed E-state index contributed by atoms with van der Waals surface area (Å²) in [6.45, 7) is 3.02. The number of benzene rings is 3. The molecule has 6 aromatic rings. The summed E-state index contributed by atoms with van der Waals surface area (Å²) in [5, 5.41) is 79.7. The molecule has 0 radical (unpaired) electrons. The monoisotopic (exact) mass is 1380 g/mol. The van der Waals surface area contributed by atoms with Gasteiger partial charge in [-0.1, -0.05) is 0 Å². The fraction of sp³-hybridized carbons (Fsp3) is 0.350. The summed E-state index contributed by atoms with van der Waals surface area (Å²) >= 11 is 0. The first-order valence-electron chi connectivity index (χ1n) is 30.3. The highest BCUT2D eigenvalue weighted by molar-refractivity contribution is 5.98. The van der Waals surface area contributed by atoms with Crippen molar-refractivity contribution >= 4 is 123 Å². The van der Waals surface area contributed by atoms with Crippen LogP contribution in [0.2, 0.25) is 0 Å². The largest absolute Gasteiger partial charge is 0.481 e. The molecule has 24 N–H and O–H groups in total. The van der Waals surface area contributed by atoms with Crippen LogP contribution in [0.5, 0.6) is 0 Å². The lowest BCUT2D eigenvalue weighted by Gasteiger charge is -2.35. The van der Waals surface area contributed by atoms with Gasteiger partial charge in [0, 0.05) is 113 Å². The average molecular weight is 1380 g/mol. The molecule has 0 spiro atoms. The van der Waals surface area contributed by atoms with E-state index in [0.29, 0.717) is 73.8 Å². The Morgan fingerprint density at radius 1 is 0.424 bits per heavy atom. The van der Waals surface area contributed by atoms with Gasteiger partial charge >= 0.3 is 35.8 Å². The van der Waals surface area contributed by atoms with Gasteiger partial charge in [0.25, 0.3) is 34.4 Å². The van der Waals surface area contributed by atoms with Crippen LogP contribution in [0.4, 0.5) is 69.4 Å². The van der Waals surface area contributed by atoms with Gasteiger partial charge in [-0.15, -0.1) is 0 Å². The lowest BCUT2D eigenvalue weighted by atomic mass is 10.1. The van der Waals surface area contributed by atoms with Crippen LogP contribution in [0.1, 0.15) is 69.6 Å². The molecule has 3 aromatic heterocycles. The van der Waals surface area contributed by atoms with Crippen molar-refractivity contribution in [3.63, 3.8) is 0 Å². The van der Waals surface area contributed by atoms with E-state index in [2.05, 4.69) is 77.8 Å². The number of nitrogens with two attached hydrogens (primary N) is 3. The van der Waals surface area contributed by atoms with E-state index < -0.39 is 71.7 Å². The molecular weight excluding hydrogens is 1300 g/mol. The van der Waals surface area contributed by atoms with E-state index in [1.807, 2.05) is 14.7 Å². The molecule has 0 unspecified atom stereocenters. The quantitative estimate of drug-likeness (QED) is 0.0301. The van der Waals surface area contributed by atoms with Crippen LogP contribution in [0.3, 0.4) is 0 Å². The maximum absolute atomic E-state index is 12.3. The van der Waals surface area contributed by atoms with E-state index in [9.17, 15) is 72.9 Å². The summed E-state index contributed by atoms with van der Waals surface area (Å²) in [4.78, 5) is 165. The Morgan fingerprint density at radius 3 is 0.869 bits per heavy atom. The minimum atomic E-state index is -1.30. The first-order valence-corrected chi connectivity index (χ1v) is 30.3. The number of nitrogens with zero attached hydrogens (tertiary/aromatic N) is 6. The lowest BCUT2D eigenvalue weighted by Crippen LogP contribution is -2.48. The Morgan fingerprint density at radius 2 is 0.657 bits per heavy atom. The fourth-order valence-electron chi connectivity index (χ4n) is 10.3. The highest BCUT2D eigenvalue weighted by atomic mass is 16.4. The number of aromatic amines is 3. The predicted molar refractivity (Wildman–Crippen MR) is 362 cm³/mol. The molecule has 3 aliphatic rings. The van der Waals surface area contributed by atoms with Crippen molar-refractivity contribution in [3.8, 4) is 0 Å². The molecule has 6 atom stereocenters. The van der Waals surface area contributed by atoms with Crippen molar-refractivity contribution in [1.82, 2.24) is 45.9 Å². The predicted octanol–water partition coefficient (Wildman–Crippen LogP) is -0.773. The number of aromatic nitrogens is 6. The fourth-order valence-corrected chi connectivity index (χ4v) is 10.3. The van der Waals surface area contributed by atoms with Crippen molar-refractivity contribution in [2.75, 3.05) is 124 Å². The average Bonchev–Trinajstić information content (AvgIpc) is 0.803. The van der Waals surface area contributed by atoms with Gasteiger partial charge in [0.15, 0.2) is 17.5 Å². The third-order valence-corrected chi connectivity index (χ3v) is 15.8. The zero-order valence-electron chi connectivity index (χ0n) is 53.4. The summed E-state index contributed by atoms with van der Waals surface area (Å²) in [5.74, 6) is -7.77. The number of H-pyrrole nitrogens is 3. The van der Waals surface area contributed by atoms with E-state index in [4.69, 9.17) is 32.5 Å². The Labute approximate surface area is 560 Å². The zero-order valence-corrected chi connectivity index (χ0v) is 53.4. The Bertz CT molecular complexity index is 3720. The highest BCUT2D eigenvalue weighted by Crippen LogP contribution is 2.28. The first-order chi connectivity index (χ1) is 47.0. The molecule has 0 fully saturated rings. The summed E-state index contributed by atoms with van der Waals surface area (Å²) in [5.41, 5.74) is 19.8. The van der Waals surface area contributed by atoms with Crippen LogP contribution in [-0.2, 0) is 28.8 Å². The standard InChI is InChI=1S/3C20H25N7O6/c3*1-27-12(9-23-16-15(27)18(31)26-20(21)25-16)8-22-11-4-2-10(3-5-11)17(30)24-13(19(32)33)6-7-14(28)29/h3*2-5,12-13,22H,6-9H2,1H3,(H,24,30)(H,28,29)(H,32,33)(H4,21,23,25,26,31)/t3*12-,13-/m000/s1. The van der Waals surface area contributed by atoms with Gasteiger partial charge in [-0.3, -0.25) is 58.1 Å². The smallest absolute Gasteiger partial charge is 0.326 e. The molecule has 3 aromatic carbocycles. The van der Waals surface area contributed by atoms with Crippen LogP contribution in [0, 0.1) is 0 Å². The summed E-state index contributed by atoms with van der Waals surface area (Å²) in [6, 6.07) is 15.1. The topological polar surface area (TPSA) is 608 Å². The van der Waals surface area contributed by atoms with E-state index in [1.165, 1.54) is 36.4 Å². The molecule has 0 saturated carbocycles. The van der Waals surface area contributed by atoms with E-state index in [0.717, 1.165) is 17.1 Å². The van der Waals surface area contributed by atoms with Gasteiger partial charge in [-0.25, -0.2) is 14.4 Å². The summed E-state index contributed by atoms with van der Waals surface area (Å²) in [7, 11) is 5.36. The number of fused-ring (bicyclic) bond motifs is 3. The second-order valence-electron chi connectivity index (χ2n) is 22.6. The minimum Gasteiger partial charge on any atom is -0.481 e. The molecule has 0 bridgehead atoms. The number of carboxylic acid groups (broad SMARTS) is 6. The van der Waals surface area contributed by atoms with Gasteiger partial charge in [0.1, 0.15) is 35.2 Å². The number of rotatable bonds is 27. The highest BCUT2D eigenvalue weighted by Gasteiger charge is 2.31. The summed E-state index contributed by atoms with van der Waals surface area (Å²) in [6.07, 6.45) is -1.76. The number of carboxylic acids is 6. The molecule has 39 nitrogen and oxygen atoms in total. The second-order valence-corrected chi connectivity index (χ2v) is 22.6. The number of likely N-dealkylation sites (N-methyl/N-ethyl adjacent to an activating group) is 3. The Kier molecular flexibility index (Phi) is 24.9. The van der Waals surface area contributed by atoms with Crippen LogP contribution in [-0.4, -0.2) is 211 Å². The SMILES string of the molecule is CN1c2c(nc(N)[nH]c2=O)NC[C@@H]1CNc1ccc(C(=O)N[C@@H](CCC(=O)O)C(=O)O)cc1.CN1c2c(nc(N)[nH]c2=O)NC[C@@H]1CNc1ccc(C(=O)N[C@@H](CCC(=O)O)C(=O)O)cc1.CN1c2c(nc(N)[nH]c2=O)NC[C@@H]1CNc1ccc(C(=O)N[C@@H](CCC(=O)O)C(=O)O)cc1. The normalized spacial score (nSPS) is 15.7. The zero-order chi connectivity index (χ0) is 72.4. The molecule has 0 aliphatic carbocycles.